The smallest absolute Gasteiger partial charge is 0.207 e. The second-order valence-electron chi connectivity index (χ2n) is 9.55. The molecule has 1 aromatic heterocycles. The predicted molar refractivity (Wildman–Crippen MR) is 113 cm³/mol. The van der Waals surface area contributed by atoms with Crippen LogP contribution < -0.4 is 4.57 Å². The molecule has 0 N–H and O–H groups in total. The van der Waals surface area contributed by atoms with E-state index in [0.717, 1.165) is 54.1 Å². The number of benzene rings is 1. The molecule has 1 aromatic carbocycles. The van der Waals surface area contributed by atoms with Crippen LogP contribution in [0.2, 0.25) is 0 Å². The first-order chi connectivity index (χ1) is 14.1. The molecule has 2 aromatic rings. The van der Waals surface area contributed by atoms with Crippen LogP contribution in [0.4, 0.5) is 4.39 Å². The summed E-state index contributed by atoms with van der Waals surface area (Å²) in [5.74, 6) is 3.69. The molecule has 0 spiro atoms. The lowest BCUT2D eigenvalue weighted by Gasteiger charge is -2.55. The van der Waals surface area contributed by atoms with Gasteiger partial charge in [0.1, 0.15) is 5.82 Å². The van der Waals surface area contributed by atoms with Gasteiger partial charge in [-0.15, -0.1) is 11.8 Å². The van der Waals surface area contributed by atoms with Crippen LogP contribution in [0.15, 0.2) is 53.7 Å². The van der Waals surface area contributed by atoms with Crippen molar-refractivity contribution < 1.29 is 13.8 Å². The standard InChI is InChI=1S/C25H29FNOS/c26-22-1-3-23(4-2-22)29-10-7-18-5-8-27(9-6-18)17-24(28)25-14-19-11-20(15-25)13-21(12-19)16-25/h1-6,8-9,19-21H,7,10-17H2/q+1. The highest BCUT2D eigenvalue weighted by atomic mass is 32.2. The van der Waals surface area contributed by atoms with Gasteiger partial charge < -0.3 is 0 Å². The maximum absolute atomic E-state index is 13.3. The van der Waals surface area contributed by atoms with E-state index in [1.165, 1.54) is 37.0 Å². The minimum absolute atomic E-state index is 0.00772. The van der Waals surface area contributed by atoms with Gasteiger partial charge in [0.2, 0.25) is 12.3 Å². The summed E-state index contributed by atoms with van der Waals surface area (Å²) in [5.41, 5.74) is 1.27. The van der Waals surface area contributed by atoms with Crippen LogP contribution in [0.1, 0.15) is 44.1 Å². The van der Waals surface area contributed by atoms with E-state index in [1.807, 2.05) is 12.1 Å². The Morgan fingerprint density at radius 1 is 0.966 bits per heavy atom. The SMILES string of the molecule is O=C(C[n+]1ccc(CCSc2ccc(F)cc2)cc1)C12CC3CC(CC(C3)C1)C2. The number of halogens is 1. The zero-order valence-electron chi connectivity index (χ0n) is 16.9. The van der Waals surface area contributed by atoms with Crippen LogP contribution in [0, 0.1) is 29.0 Å². The first-order valence-electron chi connectivity index (χ1n) is 11.0. The molecule has 4 heteroatoms. The van der Waals surface area contributed by atoms with E-state index < -0.39 is 0 Å². The number of hydrogen-bond acceptors (Lipinski definition) is 2. The third kappa shape index (κ3) is 4.14. The number of thioether (sulfide) groups is 1. The number of nitrogens with zero attached hydrogens (tertiary/aromatic N) is 1. The average molecular weight is 411 g/mol. The summed E-state index contributed by atoms with van der Waals surface area (Å²) >= 11 is 1.74. The predicted octanol–water partition coefficient (Wildman–Crippen LogP) is 5.23. The van der Waals surface area contributed by atoms with E-state index in [2.05, 4.69) is 29.1 Å². The zero-order chi connectivity index (χ0) is 19.8. The lowest BCUT2D eigenvalue weighted by molar-refractivity contribution is -0.685. The molecule has 0 saturated heterocycles. The van der Waals surface area contributed by atoms with Gasteiger partial charge in [-0.2, -0.15) is 4.57 Å². The van der Waals surface area contributed by atoms with Crippen molar-refractivity contribution in [1.29, 1.82) is 0 Å². The van der Waals surface area contributed by atoms with Crippen LogP contribution >= 0.6 is 11.8 Å². The molecule has 6 rings (SSSR count). The number of ketones is 1. The van der Waals surface area contributed by atoms with E-state index in [1.54, 1.807) is 11.8 Å². The fourth-order valence-corrected chi connectivity index (χ4v) is 7.27. The normalized spacial score (nSPS) is 29.9. The topological polar surface area (TPSA) is 20.9 Å². The molecular formula is C25H29FNOS+. The van der Waals surface area contributed by atoms with Crippen LogP contribution in [0.3, 0.4) is 0 Å². The Morgan fingerprint density at radius 2 is 1.55 bits per heavy atom. The van der Waals surface area contributed by atoms with Gasteiger partial charge in [0.25, 0.3) is 0 Å². The number of hydrogen-bond donors (Lipinski definition) is 0. The van der Waals surface area contributed by atoms with Crippen LogP contribution in [-0.2, 0) is 17.8 Å². The second kappa shape index (κ2) is 7.86. The number of carbonyl (C=O) groups excluding carboxylic acids is 1. The summed E-state index contributed by atoms with van der Waals surface area (Å²) < 4.78 is 15.0. The molecule has 0 radical (unpaired) electrons. The molecule has 0 unspecified atom stereocenters. The summed E-state index contributed by atoms with van der Waals surface area (Å²) in [6.07, 6.45) is 12.7. The molecule has 2 nitrogen and oxygen atoms in total. The van der Waals surface area contributed by atoms with Gasteiger partial charge in [0.15, 0.2) is 12.4 Å². The fraction of sp³-hybridized carbons (Fsp3) is 0.520. The van der Waals surface area contributed by atoms with Crippen molar-refractivity contribution in [3.05, 3.63) is 60.2 Å². The van der Waals surface area contributed by atoms with Gasteiger partial charge in [-0.3, -0.25) is 4.79 Å². The highest BCUT2D eigenvalue weighted by molar-refractivity contribution is 7.99. The molecule has 4 aliphatic rings. The van der Waals surface area contributed by atoms with Crippen molar-refractivity contribution in [1.82, 2.24) is 0 Å². The molecule has 0 aliphatic heterocycles. The highest BCUT2D eigenvalue weighted by Gasteiger charge is 2.54. The van der Waals surface area contributed by atoms with Crippen LogP contribution in [0.25, 0.3) is 0 Å². The van der Waals surface area contributed by atoms with Gasteiger partial charge in [-0.1, -0.05) is 0 Å². The molecule has 0 atom stereocenters. The van der Waals surface area contributed by atoms with Crippen molar-refractivity contribution in [2.24, 2.45) is 23.2 Å². The summed E-state index contributed by atoms with van der Waals surface area (Å²) in [7, 11) is 0. The molecule has 4 fully saturated rings. The third-order valence-electron chi connectivity index (χ3n) is 7.39. The van der Waals surface area contributed by atoms with Gasteiger partial charge in [-0.05, 0) is 92.5 Å². The average Bonchev–Trinajstić information content (AvgIpc) is 2.70. The summed E-state index contributed by atoms with van der Waals surface area (Å²) in [6.45, 7) is 0.525. The third-order valence-corrected chi connectivity index (χ3v) is 8.40. The highest BCUT2D eigenvalue weighted by Crippen LogP contribution is 2.60. The van der Waals surface area contributed by atoms with Crippen molar-refractivity contribution in [3.63, 3.8) is 0 Å². The zero-order valence-corrected chi connectivity index (χ0v) is 17.7. The molecule has 1 heterocycles. The lowest BCUT2D eigenvalue weighted by atomic mass is 9.48. The molecule has 29 heavy (non-hydrogen) atoms. The van der Waals surface area contributed by atoms with Crippen molar-refractivity contribution in [2.45, 2.75) is 56.4 Å². The van der Waals surface area contributed by atoms with Gasteiger partial charge in [0.05, 0.1) is 0 Å². The molecule has 4 aliphatic carbocycles. The largest absolute Gasteiger partial charge is 0.292 e. The fourth-order valence-electron chi connectivity index (χ4n) is 6.36. The van der Waals surface area contributed by atoms with E-state index in [4.69, 9.17) is 0 Å². The van der Waals surface area contributed by atoms with Crippen molar-refractivity contribution in [3.8, 4) is 0 Å². The number of pyridine rings is 1. The maximum atomic E-state index is 13.3. The number of carbonyl (C=O) groups is 1. The van der Waals surface area contributed by atoms with Crippen LogP contribution in [-0.4, -0.2) is 11.5 Å². The molecule has 4 saturated carbocycles. The summed E-state index contributed by atoms with van der Waals surface area (Å²) in [4.78, 5) is 14.3. The molecule has 4 bridgehead atoms. The van der Waals surface area contributed by atoms with E-state index in [-0.39, 0.29) is 11.2 Å². The molecule has 0 amide bonds. The Balaban J connectivity index is 1.15. The Kier molecular flexibility index (Phi) is 5.23. The van der Waals surface area contributed by atoms with Gasteiger partial charge >= 0.3 is 0 Å². The minimum atomic E-state index is -0.190. The lowest BCUT2D eigenvalue weighted by Crippen LogP contribution is -2.53. The Bertz CT molecular complexity index is 841. The Morgan fingerprint density at radius 3 is 2.14 bits per heavy atom. The Labute approximate surface area is 176 Å². The van der Waals surface area contributed by atoms with E-state index >= 15 is 0 Å². The van der Waals surface area contributed by atoms with Crippen molar-refractivity contribution in [2.75, 3.05) is 5.75 Å². The number of aromatic nitrogens is 1. The Hall–Kier alpha value is -1.68. The van der Waals surface area contributed by atoms with Crippen LogP contribution in [0.5, 0.6) is 0 Å². The summed E-state index contributed by atoms with van der Waals surface area (Å²) in [6, 6.07) is 10.9. The van der Waals surface area contributed by atoms with Gasteiger partial charge in [-0.25, -0.2) is 4.39 Å². The number of Topliss-reactive ketones (excluding diaryl/α,β-unsaturated/α-hetero) is 1. The maximum Gasteiger partial charge on any atom is 0.207 e. The summed E-state index contributed by atoms with van der Waals surface area (Å²) in [5, 5.41) is 0. The van der Waals surface area contributed by atoms with Gasteiger partial charge in [0, 0.05) is 28.2 Å². The molecular weight excluding hydrogens is 381 g/mol. The monoisotopic (exact) mass is 410 g/mol. The first kappa shape index (κ1) is 19.3. The number of aryl methyl sites for hydroxylation is 1. The number of rotatable bonds is 7. The quantitative estimate of drug-likeness (QED) is 0.460. The van der Waals surface area contributed by atoms with E-state index in [0.29, 0.717) is 12.3 Å². The van der Waals surface area contributed by atoms with Crippen molar-refractivity contribution >= 4 is 17.5 Å². The van der Waals surface area contributed by atoms with E-state index in [9.17, 15) is 9.18 Å². The second-order valence-corrected chi connectivity index (χ2v) is 10.7. The molecule has 152 valence electrons. The minimum Gasteiger partial charge on any atom is -0.292 e. The first-order valence-corrected chi connectivity index (χ1v) is 12.0.